The Morgan fingerprint density at radius 3 is 1.54 bits per heavy atom. The van der Waals surface area contributed by atoms with Gasteiger partial charge in [0.15, 0.2) is 0 Å². The number of ether oxygens (including phenoxy) is 1. The van der Waals surface area contributed by atoms with Crippen molar-refractivity contribution < 1.29 is 23.1 Å². The van der Waals surface area contributed by atoms with Gasteiger partial charge in [0.1, 0.15) is 13.3 Å². The highest BCUT2D eigenvalue weighted by atomic mass is 19.1. The van der Waals surface area contributed by atoms with Crippen LogP contribution in [0, 0.1) is 0 Å². The molecule has 0 amide bonds. The topological polar surface area (TPSA) is 43.4 Å². The van der Waals surface area contributed by atoms with E-state index in [2.05, 4.69) is 17.9 Å². The summed E-state index contributed by atoms with van der Waals surface area (Å²) < 4.78 is 27.5. The van der Waals surface area contributed by atoms with Gasteiger partial charge in [-0.3, -0.25) is 0 Å². The minimum absolute atomic E-state index is 0.500. The van der Waals surface area contributed by atoms with Crippen molar-refractivity contribution in [1.82, 2.24) is 0 Å². The van der Waals surface area contributed by atoms with Crippen molar-refractivity contribution >= 4 is 11.9 Å². The van der Waals surface area contributed by atoms with Crippen LogP contribution in [-0.4, -0.2) is 25.3 Å². The normalized spacial score (nSPS) is 9.08. The van der Waals surface area contributed by atoms with Gasteiger partial charge in [-0.1, -0.05) is 13.2 Å². The molecule has 72 valence electrons. The molecule has 0 aliphatic carbocycles. The molecule has 0 N–H and O–H groups in total. The molecule has 0 aromatic rings. The number of hydrogen-bond acceptors (Lipinski definition) is 3. The summed E-state index contributed by atoms with van der Waals surface area (Å²) in [5, 5.41) is 0. The summed E-state index contributed by atoms with van der Waals surface area (Å²) in [5.41, 5.74) is -1.000. The second kappa shape index (κ2) is 5.18. The smallest absolute Gasteiger partial charge is 0.343 e. The zero-order valence-corrected chi connectivity index (χ0v) is 6.81. The molecule has 13 heavy (non-hydrogen) atoms. The van der Waals surface area contributed by atoms with Crippen LogP contribution in [0.2, 0.25) is 0 Å². The summed E-state index contributed by atoms with van der Waals surface area (Å²) in [6.45, 7) is 3.74. The molecular weight excluding hydrogens is 182 g/mol. The number of carbonyl (C=O) groups is 2. The second-order valence-electron chi connectivity index (χ2n) is 2.15. The molecule has 0 rings (SSSR count). The Kier molecular flexibility index (Phi) is 4.58. The van der Waals surface area contributed by atoms with Crippen LogP contribution in [0.4, 0.5) is 8.78 Å². The predicted molar refractivity (Wildman–Crippen MR) is 41.3 cm³/mol. The van der Waals surface area contributed by atoms with Gasteiger partial charge in [-0.2, -0.15) is 0 Å². The minimum atomic E-state index is -1.21. The van der Waals surface area contributed by atoms with Crippen LogP contribution in [0.25, 0.3) is 0 Å². The van der Waals surface area contributed by atoms with Gasteiger partial charge in [0.25, 0.3) is 0 Å². The number of esters is 2. The molecule has 0 aliphatic rings. The average molecular weight is 190 g/mol. The maximum atomic E-state index is 11.8. The molecule has 0 aromatic heterocycles. The Bertz CT molecular complexity index is 232. The first-order valence-electron chi connectivity index (χ1n) is 3.27. The number of alkyl halides is 2. The lowest BCUT2D eigenvalue weighted by molar-refractivity contribution is -0.154. The fourth-order valence-electron chi connectivity index (χ4n) is 0.338. The van der Waals surface area contributed by atoms with Gasteiger partial charge in [0, 0.05) is 0 Å². The van der Waals surface area contributed by atoms with E-state index < -0.39 is 36.4 Å². The molecule has 3 nitrogen and oxygen atoms in total. The number of carbonyl (C=O) groups excluding carboxylic acids is 2. The Morgan fingerprint density at radius 2 is 1.31 bits per heavy atom. The van der Waals surface area contributed by atoms with Gasteiger partial charge in [-0.05, 0) is 0 Å². The maximum Gasteiger partial charge on any atom is 0.343 e. The number of rotatable bonds is 4. The highest BCUT2D eigenvalue weighted by Crippen LogP contribution is 2.00. The van der Waals surface area contributed by atoms with Crippen LogP contribution in [0.1, 0.15) is 0 Å². The standard InChI is InChI=1S/C8H8F2O3/c1-5(3-9)7(11)13-8(12)6(2)4-10/h1-4H2. The lowest BCUT2D eigenvalue weighted by Gasteiger charge is -2.01. The van der Waals surface area contributed by atoms with Gasteiger partial charge in [-0.15, -0.1) is 0 Å². The van der Waals surface area contributed by atoms with E-state index in [4.69, 9.17) is 0 Å². The summed E-state index contributed by atoms with van der Waals surface area (Å²) in [7, 11) is 0. The van der Waals surface area contributed by atoms with E-state index in [1.165, 1.54) is 0 Å². The Morgan fingerprint density at radius 1 is 1.00 bits per heavy atom. The molecule has 0 radical (unpaired) electrons. The van der Waals surface area contributed by atoms with Gasteiger partial charge in [-0.25, -0.2) is 18.4 Å². The van der Waals surface area contributed by atoms with E-state index in [1.54, 1.807) is 0 Å². The van der Waals surface area contributed by atoms with E-state index in [0.717, 1.165) is 0 Å². The fourth-order valence-corrected chi connectivity index (χ4v) is 0.338. The fraction of sp³-hybridized carbons (Fsp3) is 0.250. The van der Waals surface area contributed by atoms with Gasteiger partial charge in [0.2, 0.25) is 0 Å². The molecular formula is C8H8F2O3. The number of halogens is 2. The molecule has 0 fully saturated rings. The summed E-state index contributed by atoms with van der Waals surface area (Å²) in [6.07, 6.45) is 0. The summed E-state index contributed by atoms with van der Waals surface area (Å²) >= 11 is 0. The highest BCUT2D eigenvalue weighted by Gasteiger charge is 2.15. The third-order valence-electron chi connectivity index (χ3n) is 1.09. The number of hydrogen-bond donors (Lipinski definition) is 0. The first-order chi connectivity index (χ1) is 6.02. The van der Waals surface area contributed by atoms with Crippen molar-refractivity contribution in [3.63, 3.8) is 0 Å². The first kappa shape index (κ1) is 11.5. The van der Waals surface area contributed by atoms with E-state index in [1.807, 2.05) is 0 Å². The summed E-state index contributed by atoms with van der Waals surface area (Å²) in [4.78, 5) is 21.3. The van der Waals surface area contributed by atoms with E-state index in [0.29, 0.717) is 0 Å². The molecule has 0 aromatic carbocycles. The Hall–Kier alpha value is -1.52. The lowest BCUT2D eigenvalue weighted by Crippen LogP contribution is -2.16. The molecule has 0 aliphatic heterocycles. The Labute approximate surface area is 73.7 Å². The maximum absolute atomic E-state index is 11.8. The van der Waals surface area contributed by atoms with E-state index in [-0.39, 0.29) is 0 Å². The molecule has 0 saturated heterocycles. The zero-order valence-electron chi connectivity index (χ0n) is 6.81. The summed E-state index contributed by atoms with van der Waals surface area (Å²) in [5.74, 6) is -2.41. The van der Waals surface area contributed by atoms with Crippen LogP contribution in [0.15, 0.2) is 24.3 Å². The average Bonchev–Trinajstić information content (AvgIpc) is 2.14. The van der Waals surface area contributed by atoms with Crippen molar-refractivity contribution in [3.05, 3.63) is 24.3 Å². The lowest BCUT2D eigenvalue weighted by atomic mass is 10.3. The van der Waals surface area contributed by atoms with E-state index in [9.17, 15) is 18.4 Å². The summed E-state index contributed by atoms with van der Waals surface area (Å²) in [6, 6.07) is 0. The van der Waals surface area contributed by atoms with Gasteiger partial charge >= 0.3 is 11.9 Å². The van der Waals surface area contributed by atoms with Crippen LogP contribution in [0.3, 0.4) is 0 Å². The van der Waals surface area contributed by atoms with Crippen molar-refractivity contribution in [2.75, 3.05) is 13.3 Å². The second-order valence-corrected chi connectivity index (χ2v) is 2.15. The molecule has 5 heteroatoms. The largest absolute Gasteiger partial charge is 0.386 e. The van der Waals surface area contributed by atoms with Crippen LogP contribution < -0.4 is 0 Å². The van der Waals surface area contributed by atoms with Crippen molar-refractivity contribution in [2.45, 2.75) is 0 Å². The van der Waals surface area contributed by atoms with Gasteiger partial charge in [0.05, 0.1) is 11.1 Å². The third kappa shape index (κ3) is 3.59. The first-order valence-corrected chi connectivity index (χ1v) is 3.27. The quantitative estimate of drug-likeness (QED) is 0.379. The minimum Gasteiger partial charge on any atom is -0.386 e. The van der Waals surface area contributed by atoms with Crippen molar-refractivity contribution in [1.29, 1.82) is 0 Å². The molecule has 0 spiro atoms. The zero-order chi connectivity index (χ0) is 10.4. The molecule has 0 unspecified atom stereocenters. The molecule has 0 bridgehead atoms. The molecule has 0 saturated carbocycles. The van der Waals surface area contributed by atoms with Crippen LogP contribution >= 0.6 is 0 Å². The molecule has 0 heterocycles. The third-order valence-corrected chi connectivity index (χ3v) is 1.09. The monoisotopic (exact) mass is 190 g/mol. The Balaban J connectivity index is 4.15. The SMILES string of the molecule is C=C(CF)C(=O)OC(=O)C(=C)CF. The van der Waals surface area contributed by atoms with Crippen molar-refractivity contribution in [2.24, 2.45) is 0 Å². The predicted octanol–water partition coefficient (Wildman–Crippen LogP) is 1.11. The highest BCUT2D eigenvalue weighted by molar-refractivity contribution is 6.01. The molecule has 0 atom stereocenters. The van der Waals surface area contributed by atoms with E-state index >= 15 is 0 Å². The van der Waals surface area contributed by atoms with Crippen molar-refractivity contribution in [3.8, 4) is 0 Å². The van der Waals surface area contributed by atoms with Gasteiger partial charge < -0.3 is 4.74 Å². The van der Waals surface area contributed by atoms with Crippen LogP contribution in [0.5, 0.6) is 0 Å². The van der Waals surface area contributed by atoms with Crippen LogP contribution in [-0.2, 0) is 14.3 Å².